The molecule has 6 aromatic heterocycles. The maximum Gasteiger partial charge on any atom is 2.00 e. The molecule has 6 nitrogen and oxygen atoms in total. The van der Waals surface area contributed by atoms with Gasteiger partial charge < -0.3 is 0 Å². The monoisotopic (exact) mass is 718 g/mol. The Bertz CT molecular complexity index is 1440. The van der Waals surface area contributed by atoms with Crippen molar-refractivity contribution in [3.8, 4) is 34.2 Å². The molecule has 0 aliphatic rings. The Balaban J connectivity index is 0.000000180. The zero-order chi connectivity index (χ0) is 29.2. The van der Waals surface area contributed by atoms with Crippen LogP contribution in [-0.2, 0) is 25.9 Å². The van der Waals surface area contributed by atoms with Crippen LogP contribution in [-0.4, -0.2) is 35.2 Å². The van der Waals surface area contributed by atoms with Crippen LogP contribution >= 0.6 is 15.9 Å². The van der Waals surface area contributed by atoms with Crippen molar-refractivity contribution >= 4 is 15.9 Å². The third kappa shape index (κ3) is 11.7. The summed E-state index contributed by atoms with van der Waals surface area (Å²) in [7, 11) is 0. The second kappa shape index (κ2) is 19.2. The number of nitrogens with zero attached hydrogens (tertiary/aromatic N) is 6. The Morgan fingerprint density at radius 2 is 0.884 bits per heavy atom. The van der Waals surface area contributed by atoms with E-state index in [4.69, 9.17) is 0 Å². The standard InChI is InChI=1S/C15H17BrN2.2C10H8N2.Ru/c1-12-5-8-17-14(10-12)15-11-13(6-9-18-15)4-2-3-7-16;2*1-3-7-11-9(5-1)10-6-2-4-8-12-10;/h5-6,8-11H,2-4,7H2,1H3;2*1-8H;/q;;;+2. The third-order valence-corrected chi connectivity index (χ3v) is 6.60. The second-order valence-electron chi connectivity index (χ2n) is 9.27. The number of pyridine rings is 6. The van der Waals surface area contributed by atoms with Crippen LogP contribution in [0.4, 0.5) is 0 Å². The summed E-state index contributed by atoms with van der Waals surface area (Å²) in [5.41, 5.74) is 8.13. The largest absolute Gasteiger partial charge is 2.00 e. The van der Waals surface area contributed by atoms with Crippen LogP contribution in [0.25, 0.3) is 34.2 Å². The number of rotatable bonds is 7. The van der Waals surface area contributed by atoms with Gasteiger partial charge in [0.1, 0.15) is 0 Å². The topological polar surface area (TPSA) is 77.3 Å². The molecule has 0 bridgehead atoms. The van der Waals surface area contributed by atoms with Gasteiger partial charge >= 0.3 is 19.5 Å². The quantitative estimate of drug-likeness (QED) is 0.0937. The average Bonchev–Trinajstić information content (AvgIpc) is 3.07. The van der Waals surface area contributed by atoms with Crippen molar-refractivity contribution < 1.29 is 19.5 Å². The van der Waals surface area contributed by atoms with Gasteiger partial charge in [0.2, 0.25) is 0 Å². The van der Waals surface area contributed by atoms with Gasteiger partial charge in [0, 0.05) is 42.5 Å². The number of aryl methyl sites for hydroxylation is 2. The maximum atomic E-state index is 4.41. The Morgan fingerprint density at radius 3 is 1.28 bits per heavy atom. The van der Waals surface area contributed by atoms with Crippen LogP contribution in [0.15, 0.2) is 134 Å². The third-order valence-electron chi connectivity index (χ3n) is 6.04. The molecule has 0 aliphatic heterocycles. The van der Waals surface area contributed by atoms with Gasteiger partial charge in [-0.05, 0) is 110 Å². The molecule has 0 amide bonds. The molecule has 0 radical (unpaired) electrons. The van der Waals surface area contributed by atoms with Crippen molar-refractivity contribution in [2.75, 3.05) is 5.33 Å². The van der Waals surface area contributed by atoms with E-state index < -0.39 is 0 Å². The van der Waals surface area contributed by atoms with E-state index in [9.17, 15) is 0 Å². The van der Waals surface area contributed by atoms with Gasteiger partial charge in [-0.15, -0.1) is 0 Å². The first-order chi connectivity index (χ1) is 20.7. The molecule has 6 rings (SSSR count). The molecule has 6 heterocycles. The molecule has 0 atom stereocenters. The van der Waals surface area contributed by atoms with E-state index in [0.29, 0.717) is 0 Å². The minimum atomic E-state index is 0. The van der Waals surface area contributed by atoms with Gasteiger partial charge in [0.25, 0.3) is 0 Å². The maximum absolute atomic E-state index is 4.41. The van der Waals surface area contributed by atoms with Gasteiger partial charge in [-0.3, -0.25) is 29.9 Å². The smallest absolute Gasteiger partial charge is 0.255 e. The van der Waals surface area contributed by atoms with Crippen molar-refractivity contribution in [1.82, 2.24) is 29.9 Å². The Morgan fingerprint density at radius 1 is 0.465 bits per heavy atom. The number of alkyl halides is 1. The van der Waals surface area contributed by atoms with Crippen LogP contribution in [0.5, 0.6) is 0 Å². The van der Waals surface area contributed by atoms with E-state index in [0.717, 1.165) is 45.9 Å². The molecule has 43 heavy (non-hydrogen) atoms. The van der Waals surface area contributed by atoms with Crippen LogP contribution < -0.4 is 0 Å². The van der Waals surface area contributed by atoms with Gasteiger partial charge in [0.05, 0.1) is 34.2 Å². The molecular formula is C35H33BrN6Ru+2. The molecule has 6 aromatic rings. The molecule has 0 saturated heterocycles. The Labute approximate surface area is 275 Å². The zero-order valence-electron chi connectivity index (χ0n) is 23.9. The second-order valence-corrected chi connectivity index (χ2v) is 10.1. The number of halogens is 1. The molecule has 0 aliphatic carbocycles. The van der Waals surface area contributed by atoms with E-state index in [1.54, 1.807) is 24.8 Å². The predicted octanol–water partition coefficient (Wildman–Crippen LogP) is 8.45. The number of unbranched alkanes of at least 4 members (excludes halogenated alkanes) is 1. The molecule has 8 heteroatoms. The van der Waals surface area contributed by atoms with Crippen LogP contribution in [0.3, 0.4) is 0 Å². The summed E-state index contributed by atoms with van der Waals surface area (Å²) in [5.74, 6) is 0. The van der Waals surface area contributed by atoms with Gasteiger partial charge in [-0.2, -0.15) is 0 Å². The summed E-state index contributed by atoms with van der Waals surface area (Å²) < 4.78 is 0. The fraction of sp³-hybridized carbons (Fsp3) is 0.143. The van der Waals surface area contributed by atoms with Crippen molar-refractivity contribution in [3.05, 3.63) is 145 Å². The van der Waals surface area contributed by atoms with Crippen molar-refractivity contribution in [1.29, 1.82) is 0 Å². The molecule has 0 N–H and O–H groups in total. The van der Waals surface area contributed by atoms with Crippen LogP contribution in [0.2, 0.25) is 0 Å². The van der Waals surface area contributed by atoms with E-state index in [2.05, 4.69) is 71.0 Å². The van der Waals surface area contributed by atoms with E-state index >= 15 is 0 Å². The minimum Gasteiger partial charge on any atom is -0.255 e. The molecule has 0 aromatic carbocycles. The van der Waals surface area contributed by atoms with Crippen LogP contribution in [0.1, 0.15) is 24.0 Å². The SMILES string of the molecule is Cc1ccnc(-c2cc(CCCCBr)ccn2)c1.[Ru+2].c1ccc(-c2ccccn2)nc1.c1ccc(-c2ccccn2)nc1. The number of hydrogen-bond donors (Lipinski definition) is 0. The van der Waals surface area contributed by atoms with E-state index in [-0.39, 0.29) is 19.5 Å². The molecule has 0 unspecified atom stereocenters. The van der Waals surface area contributed by atoms with Gasteiger partial charge in [0.15, 0.2) is 0 Å². The first-order valence-electron chi connectivity index (χ1n) is 13.8. The first kappa shape index (κ1) is 33.5. The summed E-state index contributed by atoms with van der Waals surface area (Å²) in [6.45, 7) is 2.07. The fourth-order valence-electron chi connectivity index (χ4n) is 3.93. The first-order valence-corrected chi connectivity index (χ1v) is 14.9. The van der Waals surface area contributed by atoms with Crippen molar-refractivity contribution in [3.63, 3.8) is 0 Å². The number of aromatic nitrogens is 6. The Hall–Kier alpha value is -4.00. The minimum absolute atomic E-state index is 0. The zero-order valence-corrected chi connectivity index (χ0v) is 27.3. The van der Waals surface area contributed by atoms with Gasteiger partial charge in [-0.25, -0.2) is 0 Å². The molecular weight excluding hydrogens is 685 g/mol. The summed E-state index contributed by atoms with van der Waals surface area (Å²) in [5, 5.41) is 1.07. The number of hydrogen-bond acceptors (Lipinski definition) is 6. The molecule has 0 spiro atoms. The van der Waals surface area contributed by atoms with E-state index in [1.807, 2.05) is 91.3 Å². The van der Waals surface area contributed by atoms with E-state index in [1.165, 1.54) is 24.0 Å². The predicted molar refractivity (Wildman–Crippen MR) is 174 cm³/mol. The molecule has 216 valence electrons. The van der Waals surface area contributed by atoms with Crippen molar-refractivity contribution in [2.24, 2.45) is 0 Å². The molecule has 0 saturated carbocycles. The van der Waals surface area contributed by atoms with Crippen LogP contribution in [0, 0.1) is 6.92 Å². The summed E-state index contributed by atoms with van der Waals surface area (Å²) in [6.07, 6.45) is 14.3. The summed E-state index contributed by atoms with van der Waals surface area (Å²) in [4.78, 5) is 25.5. The fourth-order valence-corrected chi connectivity index (χ4v) is 4.32. The summed E-state index contributed by atoms with van der Waals surface area (Å²) >= 11 is 3.46. The Kier molecular flexibility index (Phi) is 15.0. The normalized spacial score (nSPS) is 9.81. The summed E-state index contributed by atoms with van der Waals surface area (Å²) in [6, 6.07) is 31.5. The average molecular weight is 719 g/mol. The van der Waals surface area contributed by atoms with Crippen molar-refractivity contribution in [2.45, 2.75) is 26.2 Å². The van der Waals surface area contributed by atoms with Gasteiger partial charge in [-0.1, -0.05) is 40.2 Å². The molecule has 0 fully saturated rings.